The van der Waals surface area contributed by atoms with E-state index in [9.17, 15) is 0 Å². The van der Waals surface area contributed by atoms with E-state index in [1.165, 1.54) is 69.8 Å². The summed E-state index contributed by atoms with van der Waals surface area (Å²) in [4.78, 5) is 0. The van der Waals surface area contributed by atoms with Crippen molar-refractivity contribution in [3.63, 3.8) is 0 Å². The molecule has 6 rings (SSSR count). The van der Waals surface area contributed by atoms with Crippen molar-refractivity contribution in [2.45, 2.75) is 25.7 Å². The van der Waals surface area contributed by atoms with Crippen molar-refractivity contribution in [3.8, 4) is 0 Å². The van der Waals surface area contributed by atoms with Gasteiger partial charge in [0, 0.05) is 10.7 Å². The van der Waals surface area contributed by atoms with Crippen LogP contribution in [0.25, 0.3) is 0 Å². The van der Waals surface area contributed by atoms with E-state index in [0.29, 0.717) is 0 Å². The summed E-state index contributed by atoms with van der Waals surface area (Å²) in [6, 6.07) is 66.7. The number of rotatable bonds is 14. The van der Waals surface area contributed by atoms with Crippen LogP contribution in [0.1, 0.15) is 25.7 Å². The molecule has 0 fully saturated rings. The molecule has 14 heteroatoms. The summed E-state index contributed by atoms with van der Waals surface area (Å²) in [6.07, 6.45) is 7.34. The topological polar surface area (TPSA) is 0 Å². The first-order valence-corrected chi connectivity index (χ1v) is 47.6. The summed E-state index contributed by atoms with van der Waals surface area (Å²) in [6.45, 7) is 0. The van der Waals surface area contributed by atoms with Gasteiger partial charge in [0.2, 0.25) is 0 Å². The van der Waals surface area contributed by atoms with E-state index >= 15 is 0 Å². The van der Waals surface area contributed by atoms with Crippen LogP contribution in [0.4, 0.5) is 0 Å². The minimum absolute atomic E-state index is 1.07. The van der Waals surface area contributed by atoms with Crippen LogP contribution in [-0.4, -0.2) is 23.0 Å². The molecular formula is C44H46Br10Mn2P2. The Morgan fingerprint density at radius 2 is 0.431 bits per heavy atom. The van der Waals surface area contributed by atoms with Gasteiger partial charge in [-0.05, 0) is 98.5 Å². The fourth-order valence-corrected chi connectivity index (χ4v) is 16.3. The minimum atomic E-state index is -1.60. The van der Waals surface area contributed by atoms with E-state index in [1.807, 2.05) is 0 Å². The van der Waals surface area contributed by atoms with Gasteiger partial charge in [0.25, 0.3) is 0 Å². The molecule has 0 heterocycles. The maximum absolute atomic E-state index is 3.60. The average Bonchev–Trinajstić information content (AvgIpc) is 3.22. The summed E-state index contributed by atoms with van der Waals surface area (Å²) in [5.41, 5.74) is -2.75. The van der Waals surface area contributed by atoms with E-state index in [-0.39, 0.29) is 0 Å². The molecule has 0 saturated heterocycles. The number of hydrogen-bond donors (Lipinski definition) is 0. The molecule has 0 unspecified atom stereocenters. The number of halogens is 10. The van der Waals surface area contributed by atoms with Gasteiger partial charge in [-0.1, -0.05) is 141 Å². The molecule has 0 aliphatic rings. The summed E-state index contributed by atoms with van der Waals surface area (Å²) in [7, 11) is -3.21. The third-order valence-corrected chi connectivity index (χ3v) is 19.1. The van der Waals surface area contributed by atoms with Gasteiger partial charge in [-0.15, -0.1) is 0 Å². The summed E-state index contributed by atoms with van der Waals surface area (Å²) in [5, 5.41) is 11.0. The van der Waals surface area contributed by atoms with E-state index in [1.54, 1.807) is 0 Å². The standard InChI is InChI=1S/2C22H23BrP.8BrH.2Mn/c2*23-18-10-11-19-24(20-12-4-1-5-13-20,21-14-6-2-7-15-21)22-16-8-3-9-17-22;;;;;;;;;;/h2*1-9,12-17H,10-11,18-19H2;8*1H;;/q2*+1;;;;;;;;;2*+3/p-8. The molecule has 0 N–H and O–H groups in total. The van der Waals surface area contributed by atoms with Gasteiger partial charge in [0.1, 0.15) is 46.4 Å². The van der Waals surface area contributed by atoms with Gasteiger partial charge < -0.3 is 0 Å². The Morgan fingerprint density at radius 1 is 0.276 bits per heavy atom. The molecule has 58 heavy (non-hydrogen) atoms. The third kappa shape index (κ3) is 19.6. The molecule has 6 aromatic carbocycles. The molecule has 0 atom stereocenters. The molecule has 0 aliphatic carbocycles. The van der Waals surface area contributed by atoms with Gasteiger partial charge in [0.05, 0.1) is 12.3 Å². The van der Waals surface area contributed by atoms with Crippen LogP contribution in [0.15, 0.2) is 182 Å². The van der Waals surface area contributed by atoms with E-state index < -0.39 is 25.8 Å². The van der Waals surface area contributed by atoms with Crippen LogP contribution in [0, 0.1) is 0 Å². The first-order chi connectivity index (χ1) is 27.8. The van der Waals surface area contributed by atoms with Crippen LogP contribution < -0.4 is 31.8 Å². The second-order valence-corrected chi connectivity index (χ2v) is 92.8. The normalized spacial score (nSPS) is 12.0. The van der Waals surface area contributed by atoms with Gasteiger partial charge in [-0.2, -0.15) is 0 Å². The molecule has 6 aromatic rings. The molecule has 0 nitrogen and oxygen atoms in total. The number of alkyl halides is 2. The van der Waals surface area contributed by atoms with E-state index in [0.717, 1.165) is 10.7 Å². The predicted molar refractivity (Wildman–Crippen MR) is 298 cm³/mol. The van der Waals surface area contributed by atoms with Crippen LogP contribution in [-0.2, 0) is 11.2 Å². The fraction of sp³-hybridized carbons (Fsp3) is 0.182. The van der Waals surface area contributed by atoms with Crippen molar-refractivity contribution >= 4 is 191 Å². The monoisotopic (exact) mass is 1540 g/mol. The van der Waals surface area contributed by atoms with Crippen LogP contribution in [0.2, 0.25) is 0 Å². The number of hydrogen-bond acceptors (Lipinski definition) is 0. The Bertz CT molecular complexity index is 1590. The molecule has 0 aromatic heterocycles. The van der Waals surface area contributed by atoms with Gasteiger partial charge >= 0.3 is 124 Å². The zero-order valence-electron chi connectivity index (χ0n) is 31.4. The molecule has 0 aliphatic heterocycles. The molecular weight excluding hydrogens is 1500 g/mol. The second kappa shape index (κ2) is 29.5. The van der Waals surface area contributed by atoms with Crippen LogP contribution >= 0.6 is 159 Å². The first kappa shape index (κ1) is 54.4. The van der Waals surface area contributed by atoms with Crippen molar-refractivity contribution in [1.29, 1.82) is 0 Å². The Balaban J connectivity index is 0.000000252. The Morgan fingerprint density at radius 3 is 0.569 bits per heavy atom. The molecule has 0 bridgehead atoms. The van der Waals surface area contributed by atoms with Crippen molar-refractivity contribution in [2.75, 3.05) is 23.0 Å². The van der Waals surface area contributed by atoms with E-state index in [4.69, 9.17) is 0 Å². The van der Waals surface area contributed by atoms with Crippen molar-refractivity contribution < 1.29 is 11.2 Å². The van der Waals surface area contributed by atoms with Gasteiger partial charge in [-0.25, -0.2) is 0 Å². The SMILES string of the molecule is BrCCCC[P+](c1ccccc1)(c1ccccc1)c1ccccc1.BrCCCC[P+](c1ccccc1)(c1ccccc1)c1ccccc1.[Br][Mn-]([Br])([Br])[Br].[Br][Mn-]([Br])([Br])[Br]. The third-order valence-electron chi connectivity index (χ3n) is 8.94. The molecule has 0 amide bonds. The van der Waals surface area contributed by atoms with Crippen molar-refractivity contribution in [3.05, 3.63) is 182 Å². The van der Waals surface area contributed by atoms with Crippen LogP contribution in [0.5, 0.6) is 0 Å². The van der Waals surface area contributed by atoms with Crippen molar-refractivity contribution in [1.82, 2.24) is 0 Å². The first-order valence-electron chi connectivity index (χ1n) is 18.1. The van der Waals surface area contributed by atoms with Crippen LogP contribution in [0.3, 0.4) is 0 Å². The van der Waals surface area contributed by atoms with E-state index in [2.05, 4.69) is 327 Å². The summed E-state index contributed by atoms with van der Waals surface area (Å²) in [5.74, 6) is 0. The summed E-state index contributed by atoms with van der Waals surface area (Å²) < 4.78 is 0. The zero-order valence-corrected chi connectivity index (χ0v) is 51.4. The van der Waals surface area contributed by atoms with Gasteiger partial charge in [-0.3, -0.25) is 0 Å². The quantitative estimate of drug-likeness (QED) is 0.0441. The fourth-order valence-electron chi connectivity index (χ4n) is 6.65. The zero-order chi connectivity index (χ0) is 42.3. The molecule has 0 spiro atoms. The number of unbranched alkanes of at least 4 members (excludes halogenated alkanes) is 2. The molecule has 0 radical (unpaired) electrons. The Kier molecular flexibility index (Phi) is 27.7. The number of benzene rings is 6. The summed E-state index contributed by atoms with van der Waals surface area (Å²) >= 11 is 33.3. The van der Waals surface area contributed by atoms with Crippen molar-refractivity contribution in [2.24, 2.45) is 0 Å². The van der Waals surface area contributed by atoms with Gasteiger partial charge in [0.15, 0.2) is 0 Å². The maximum atomic E-state index is 3.60. The Hall–Kier alpha value is 2.02. The second-order valence-electron chi connectivity index (χ2n) is 12.5. The average molecular weight is 1550 g/mol. The Labute approximate surface area is 426 Å². The molecule has 316 valence electrons. The predicted octanol–water partition coefficient (Wildman–Crippen LogP) is 17.1. The molecule has 0 saturated carbocycles.